The number of nitrogens with zero attached hydrogens (tertiary/aromatic N) is 6. The summed E-state index contributed by atoms with van der Waals surface area (Å²) in [6, 6.07) is 24.0. The zero-order valence-electron chi connectivity index (χ0n) is 20.5. The van der Waals surface area contributed by atoms with E-state index in [9.17, 15) is 4.79 Å². The van der Waals surface area contributed by atoms with Crippen molar-refractivity contribution in [3.05, 3.63) is 90.1 Å². The van der Waals surface area contributed by atoms with E-state index in [1.54, 1.807) is 18.1 Å². The molecule has 0 fully saturated rings. The molecule has 8 heteroatoms. The third-order valence-corrected chi connectivity index (χ3v) is 6.48. The highest BCUT2D eigenvalue weighted by Crippen LogP contribution is 2.38. The molecule has 0 atom stereocenters. The Kier molecular flexibility index (Phi) is 5.10. The Bertz CT molecular complexity index is 1460. The van der Waals surface area contributed by atoms with Crippen molar-refractivity contribution in [1.82, 2.24) is 19.7 Å². The second-order valence-electron chi connectivity index (χ2n) is 9.78. The molecule has 2 aromatic carbocycles. The zero-order valence-corrected chi connectivity index (χ0v) is 20.5. The van der Waals surface area contributed by atoms with Crippen molar-refractivity contribution < 1.29 is 4.79 Å². The summed E-state index contributed by atoms with van der Waals surface area (Å²) in [6.07, 6.45) is 1.80. The van der Waals surface area contributed by atoms with E-state index in [1.807, 2.05) is 58.1 Å². The summed E-state index contributed by atoms with van der Waals surface area (Å²) >= 11 is 0. The number of nitrogens with one attached hydrogen (secondary N) is 1. The van der Waals surface area contributed by atoms with Crippen LogP contribution >= 0.6 is 0 Å². The minimum atomic E-state index is -0.302. The van der Waals surface area contributed by atoms with Crippen molar-refractivity contribution in [2.24, 2.45) is 4.99 Å². The molecule has 0 saturated heterocycles. The Morgan fingerprint density at radius 2 is 1.72 bits per heavy atom. The normalized spacial score (nSPS) is 16.0. The maximum absolute atomic E-state index is 13.6. The molecule has 0 aliphatic carbocycles. The van der Waals surface area contributed by atoms with E-state index in [1.165, 1.54) is 0 Å². The smallest absolute Gasteiger partial charge is 0.267 e. The molecule has 0 unspecified atom stereocenters. The van der Waals surface area contributed by atoms with Crippen molar-refractivity contribution in [1.29, 1.82) is 0 Å². The van der Waals surface area contributed by atoms with Gasteiger partial charge in [0.15, 0.2) is 5.82 Å². The molecule has 0 bridgehead atoms. The van der Waals surface area contributed by atoms with Crippen LogP contribution in [0.25, 0.3) is 11.3 Å². The zero-order chi connectivity index (χ0) is 24.9. The predicted molar refractivity (Wildman–Crippen MR) is 142 cm³/mol. The van der Waals surface area contributed by atoms with Gasteiger partial charge in [0.2, 0.25) is 5.96 Å². The molecule has 0 radical (unpaired) electrons. The number of hydrogen-bond donors (Lipinski definition) is 1. The first-order chi connectivity index (χ1) is 17.4. The standard InChI is InChI=1S/C28H27N7O/c1-28(2)18-34-25-23(26(36)33(3)27(34)31-28)24(30-21-9-5-4-6-10-21)35(32-25)17-19-12-14-20(15-13-19)22-11-7-8-16-29-22/h4-16,30H,17-18H2,1-3H3. The number of hydrogen-bond acceptors (Lipinski definition) is 6. The van der Waals surface area contributed by atoms with Gasteiger partial charge in [-0.1, -0.05) is 48.5 Å². The number of anilines is 3. The molecule has 0 saturated carbocycles. The lowest BCUT2D eigenvalue weighted by Gasteiger charge is -2.30. The second-order valence-corrected chi connectivity index (χ2v) is 9.78. The summed E-state index contributed by atoms with van der Waals surface area (Å²) in [5.74, 6) is 1.84. The number of guanidine groups is 1. The largest absolute Gasteiger partial charge is 0.340 e. The maximum Gasteiger partial charge on any atom is 0.267 e. The molecule has 2 aliphatic heterocycles. The lowest BCUT2D eigenvalue weighted by Crippen LogP contribution is -2.48. The topological polar surface area (TPSA) is 78.7 Å². The molecule has 4 aromatic rings. The van der Waals surface area contributed by atoms with Gasteiger partial charge in [-0.3, -0.25) is 19.6 Å². The molecule has 0 spiro atoms. The van der Waals surface area contributed by atoms with Gasteiger partial charge in [0, 0.05) is 24.5 Å². The summed E-state index contributed by atoms with van der Waals surface area (Å²) in [5, 5.41) is 8.42. The van der Waals surface area contributed by atoms with E-state index in [0.29, 0.717) is 36.2 Å². The van der Waals surface area contributed by atoms with Crippen LogP contribution in [0.2, 0.25) is 0 Å². The van der Waals surface area contributed by atoms with E-state index in [2.05, 4.69) is 48.4 Å². The first-order valence-electron chi connectivity index (χ1n) is 12.0. The Balaban J connectivity index is 1.41. The van der Waals surface area contributed by atoms with Crippen molar-refractivity contribution in [2.45, 2.75) is 25.9 Å². The van der Waals surface area contributed by atoms with Crippen LogP contribution in [0.5, 0.6) is 0 Å². The summed E-state index contributed by atoms with van der Waals surface area (Å²) in [4.78, 5) is 26.5. The van der Waals surface area contributed by atoms with Gasteiger partial charge in [0.1, 0.15) is 11.4 Å². The number of rotatable bonds is 5. The predicted octanol–water partition coefficient (Wildman–Crippen LogP) is 4.78. The fraction of sp³-hybridized carbons (Fsp3) is 0.214. The lowest BCUT2D eigenvalue weighted by atomic mass is 10.1. The van der Waals surface area contributed by atoms with Crippen LogP contribution < -0.4 is 10.2 Å². The third kappa shape index (κ3) is 3.80. The molecule has 4 heterocycles. The molecule has 1 N–H and O–H groups in total. The number of carbonyl (C=O) groups excluding carboxylic acids is 1. The van der Waals surface area contributed by atoms with Gasteiger partial charge in [-0.15, -0.1) is 0 Å². The fourth-order valence-electron chi connectivity index (χ4n) is 4.73. The van der Waals surface area contributed by atoms with Gasteiger partial charge in [0.05, 0.1) is 24.3 Å². The van der Waals surface area contributed by atoms with Crippen LogP contribution in [-0.2, 0) is 6.54 Å². The summed E-state index contributed by atoms with van der Waals surface area (Å²) in [5.41, 5.74) is 4.21. The van der Waals surface area contributed by atoms with Gasteiger partial charge >= 0.3 is 0 Å². The summed E-state index contributed by atoms with van der Waals surface area (Å²) in [6.45, 7) is 5.30. The van der Waals surface area contributed by atoms with Crippen LogP contribution in [-0.4, -0.2) is 50.7 Å². The van der Waals surface area contributed by atoms with Crippen LogP contribution in [0.1, 0.15) is 29.8 Å². The Labute approximate surface area is 209 Å². The number of aliphatic imine (C=N–C) groups is 1. The average molecular weight is 478 g/mol. The van der Waals surface area contributed by atoms with Gasteiger partial charge in [0.25, 0.3) is 5.91 Å². The summed E-state index contributed by atoms with van der Waals surface area (Å²) in [7, 11) is 1.78. The molecule has 6 rings (SSSR count). The molecule has 8 nitrogen and oxygen atoms in total. The number of aromatic nitrogens is 3. The molecule has 1 amide bonds. The molecular formula is C28H27N7O. The van der Waals surface area contributed by atoms with Crippen LogP contribution in [0.3, 0.4) is 0 Å². The maximum atomic E-state index is 13.6. The first kappa shape index (κ1) is 22.0. The number of pyridine rings is 1. The van der Waals surface area contributed by atoms with E-state index in [0.717, 1.165) is 22.5 Å². The number of carbonyl (C=O) groups is 1. The SMILES string of the molecule is CN1C(=O)c2c(nn(Cc3ccc(-c4ccccn4)cc3)c2Nc2ccccc2)N2CC(C)(C)N=C12. The second kappa shape index (κ2) is 8.34. The minimum Gasteiger partial charge on any atom is -0.340 e. The lowest BCUT2D eigenvalue weighted by molar-refractivity contribution is 0.0866. The van der Waals surface area contributed by atoms with Crippen LogP contribution in [0.15, 0.2) is 84.0 Å². The van der Waals surface area contributed by atoms with E-state index >= 15 is 0 Å². The monoisotopic (exact) mass is 477 g/mol. The van der Waals surface area contributed by atoms with Gasteiger partial charge in [-0.05, 0) is 43.7 Å². The molecular weight excluding hydrogens is 450 g/mol. The van der Waals surface area contributed by atoms with Crippen molar-refractivity contribution in [3.63, 3.8) is 0 Å². The minimum absolute atomic E-state index is 0.118. The van der Waals surface area contributed by atoms with Gasteiger partial charge in [-0.2, -0.15) is 5.10 Å². The van der Waals surface area contributed by atoms with Gasteiger partial charge < -0.3 is 5.32 Å². The van der Waals surface area contributed by atoms with Crippen molar-refractivity contribution in [3.8, 4) is 11.3 Å². The van der Waals surface area contributed by atoms with Crippen molar-refractivity contribution >= 4 is 29.2 Å². The molecule has 2 aromatic heterocycles. The third-order valence-electron chi connectivity index (χ3n) is 6.48. The molecule has 36 heavy (non-hydrogen) atoms. The highest BCUT2D eigenvalue weighted by atomic mass is 16.2. The van der Waals surface area contributed by atoms with Crippen LogP contribution in [0, 0.1) is 0 Å². The Hall–Kier alpha value is -4.46. The number of para-hydroxylation sites is 1. The van der Waals surface area contributed by atoms with Gasteiger partial charge in [-0.25, -0.2) is 9.67 Å². The molecule has 2 aliphatic rings. The number of fused-ring (bicyclic) bond motifs is 3. The Morgan fingerprint density at radius 1 is 0.972 bits per heavy atom. The number of amides is 1. The van der Waals surface area contributed by atoms with E-state index < -0.39 is 0 Å². The van der Waals surface area contributed by atoms with Crippen molar-refractivity contribution in [2.75, 3.05) is 23.8 Å². The average Bonchev–Trinajstić information content (AvgIpc) is 3.41. The van der Waals surface area contributed by atoms with E-state index in [4.69, 9.17) is 10.1 Å². The quantitative estimate of drug-likeness (QED) is 0.448. The molecule has 180 valence electrons. The summed E-state index contributed by atoms with van der Waals surface area (Å²) < 4.78 is 1.88. The highest BCUT2D eigenvalue weighted by Gasteiger charge is 2.45. The van der Waals surface area contributed by atoms with Crippen LogP contribution in [0.4, 0.5) is 17.3 Å². The first-order valence-corrected chi connectivity index (χ1v) is 12.0. The fourth-order valence-corrected chi connectivity index (χ4v) is 4.73. The van der Waals surface area contributed by atoms with E-state index in [-0.39, 0.29) is 11.4 Å². The Morgan fingerprint density at radius 3 is 2.44 bits per heavy atom. The number of benzene rings is 2. The highest BCUT2D eigenvalue weighted by molar-refractivity contribution is 6.20.